The lowest BCUT2D eigenvalue weighted by molar-refractivity contribution is 1.32. The fourth-order valence-corrected chi connectivity index (χ4v) is 1.92. The molecule has 84 valence electrons. The van der Waals surface area contributed by atoms with Gasteiger partial charge in [-0.25, -0.2) is 4.98 Å². The highest BCUT2D eigenvalue weighted by molar-refractivity contribution is 5.84. The molecule has 0 amide bonds. The molecule has 0 aliphatic heterocycles. The first kappa shape index (κ1) is 9.90. The average Bonchev–Trinajstić information content (AvgIpc) is 2.72. The van der Waals surface area contributed by atoms with Crippen LogP contribution in [0.25, 0.3) is 22.3 Å². The molecule has 3 nitrogen and oxygen atoms in total. The van der Waals surface area contributed by atoms with Crippen LogP contribution in [0.1, 0.15) is 5.56 Å². The lowest BCUT2D eigenvalue weighted by atomic mass is 10.1. The molecule has 2 heterocycles. The fourth-order valence-electron chi connectivity index (χ4n) is 1.92. The van der Waals surface area contributed by atoms with Crippen molar-refractivity contribution in [3.8, 4) is 11.3 Å². The molecule has 0 fully saturated rings. The number of rotatable bonds is 1. The van der Waals surface area contributed by atoms with Gasteiger partial charge < -0.3 is 10.7 Å². The van der Waals surface area contributed by atoms with Crippen molar-refractivity contribution in [3.63, 3.8) is 0 Å². The van der Waals surface area contributed by atoms with Crippen LogP contribution in [-0.4, -0.2) is 9.97 Å². The van der Waals surface area contributed by atoms with Gasteiger partial charge in [-0.05, 0) is 24.6 Å². The molecular weight excluding hydrogens is 210 g/mol. The number of anilines is 1. The van der Waals surface area contributed by atoms with Crippen molar-refractivity contribution in [2.45, 2.75) is 6.92 Å². The van der Waals surface area contributed by atoms with E-state index in [0.29, 0.717) is 5.69 Å². The highest BCUT2D eigenvalue weighted by Crippen LogP contribution is 2.24. The van der Waals surface area contributed by atoms with Crippen molar-refractivity contribution in [1.82, 2.24) is 9.97 Å². The number of pyridine rings is 1. The van der Waals surface area contributed by atoms with E-state index in [9.17, 15) is 0 Å². The molecule has 3 N–H and O–H groups in total. The Morgan fingerprint density at radius 2 is 1.88 bits per heavy atom. The van der Waals surface area contributed by atoms with Crippen LogP contribution < -0.4 is 5.73 Å². The van der Waals surface area contributed by atoms with Gasteiger partial charge in [-0.15, -0.1) is 0 Å². The van der Waals surface area contributed by atoms with E-state index in [0.717, 1.165) is 22.3 Å². The first-order chi connectivity index (χ1) is 8.22. The smallest absolute Gasteiger partial charge is 0.137 e. The normalized spacial score (nSPS) is 10.9. The van der Waals surface area contributed by atoms with Crippen LogP contribution in [0.15, 0.2) is 42.6 Å². The van der Waals surface area contributed by atoms with Crippen molar-refractivity contribution < 1.29 is 0 Å². The molecule has 0 saturated heterocycles. The van der Waals surface area contributed by atoms with Crippen LogP contribution in [0.3, 0.4) is 0 Å². The molecule has 0 radical (unpaired) electrons. The molecule has 0 bridgehead atoms. The molecule has 0 aliphatic rings. The number of aryl methyl sites for hydroxylation is 1. The Kier molecular flexibility index (Phi) is 2.11. The van der Waals surface area contributed by atoms with Crippen molar-refractivity contribution in [1.29, 1.82) is 0 Å². The number of nitrogen functional groups attached to an aromatic ring is 1. The summed E-state index contributed by atoms with van der Waals surface area (Å²) in [5.74, 6) is 0. The minimum atomic E-state index is 0.687. The number of aromatic nitrogens is 2. The third-order valence-corrected chi connectivity index (χ3v) is 2.85. The van der Waals surface area contributed by atoms with Crippen molar-refractivity contribution in [2.75, 3.05) is 5.73 Å². The first-order valence-corrected chi connectivity index (χ1v) is 5.54. The molecule has 17 heavy (non-hydrogen) atoms. The summed E-state index contributed by atoms with van der Waals surface area (Å²) in [5.41, 5.74) is 10.8. The topological polar surface area (TPSA) is 54.7 Å². The summed E-state index contributed by atoms with van der Waals surface area (Å²) in [4.78, 5) is 7.56. The molecule has 3 heteroatoms. The van der Waals surface area contributed by atoms with Crippen LogP contribution in [0, 0.1) is 6.92 Å². The quantitative estimate of drug-likeness (QED) is 0.666. The maximum Gasteiger partial charge on any atom is 0.137 e. The van der Waals surface area contributed by atoms with Gasteiger partial charge in [0.15, 0.2) is 0 Å². The lowest BCUT2D eigenvalue weighted by Crippen LogP contribution is -1.85. The third kappa shape index (κ3) is 1.76. The summed E-state index contributed by atoms with van der Waals surface area (Å²) in [7, 11) is 0. The Hall–Kier alpha value is -2.29. The number of nitrogens with one attached hydrogen (secondary N) is 1. The average molecular weight is 223 g/mol. The highest BCUT2D eigenvalue weighted by atomic mass is 14.9. The molecule has 0 spiro atoms. The van der Waals surface area contributed by atoms with Crippen LogP contribution in [-0.2, 0) is 0 Å². The van der Waals surface area contributed by atoms with Gasteiger partial charge in [0.2, 0.25) is 0 Å². The Labute approximate surface area is 99.3 Å². The molecule has 2 aromatic heterocycles. The summed E-state index contributed by atoms with van der Waals surface area (Å²) in [5, 5.41) is 1.04. The number of fused-ring (bicyclic) bond motifs is 1. The number of nitrogens with two attached hydrogens (primary N) is 1. The summed E-state index contributed by atoms with van der Waals surface area (Å²) >= 11 is 0. The van der Waals surface area contributed by atoms with Crippen LogP contribution in [0.5, 0.6) is 0 Å². The van der Waals surface area contributed by atoms with Gasteiger partial charge in [-0.3, -0.25) is 0 Å². The standard InChI is InChI=1S/C14H13N3/c1-9-2-4-10(5-3-9)13-7-11-6-12(15)8-16-14(11)17-13/h2-8H,15H2,1H3,(H,16,17). The Bertz CT molecular complexity index is 666. The minimum Gasteiger partial charge on any atom is -0.397 e. The van der Waals surface area contributed by atoms with E-state index in [-0.39, 0.29) is 0 Å². The maximum absolute atomic E-state index is 5.72. The number of nitrogens with zero attached hydrogens (tertiary/aromatic N) is 1. The Morgan fingerprint density at radius 1 is 1.12 bits per heavy atom. The van der Waals surface area contributed by atoms with Gasteiger partial charge in [0, 0.05) is 11.1 Å². The van der Waals surface area contributed by atoms with E-state index in [1.165, 1.54) is 5.56 Å². The molecule has 0 aliphatic carbocycles. The van der Waals surface area contributed by atoms with Gasteiger partial charge in [-0.1, -0.05) is 29.8 Å². The number of hydrogen-bond donors (Lipinski definition) is 2. The van der Waals surface area contributed by atoms with E-state index < -0.39 is 0 Å². The van der Waals surface area contributed by atoms with Crippen molar-refractivity contribution in [2.24, 2.45) is 0 Å². The molecule has 0 saturated carbocycles. The lowest BCUT2D eigenvalue weighted by Gasteiger charge is -1.97. The summed E-state index contributed by atoms with van der Waals surface area (Å²) in [6.45, 7) is 2.08. The maximum atomic E-state index is 5.72. The molecule has 3 rings (SSSR count). The second kappa shape index (κ2) is 3.63. The number of aromatic amines is 1. The second-order valence-corrected chi connectivity index (χ2v) is 4.26. The fraction of sp³-hybridized carbons (Fsp3) is 0.0714. The number of hydrogen-bond acceptors (Lipinski definition) is 2. The highest BCUT2D eigenvalue weighted by Gasteiger charge is 2.04. The van der Waals surface area contributed by atoms with Gasteiger partial charge >= 0.3 is 0 Å². The van der Waals surface area contributed by atoms with E-state index >= 15 is 0 Å². The zero-order valence-electron chi connectivity index (χ0n) is 9.57. The van der Waals surface area contributed by atoms with E-state index in [4.69, 9.17) is 5.73 Å². The molecular formula is C14H13N3. The summed E-state index contributed by atoms with van der Waals surface area (Å²) in [6.07, 6.45) is 1.66. The number of benzene rings is 1. The monoisotopic (exact) mass is 223 g/mol. The summed E-state index contributed by atoms with van der Waals surface area (Å²) < 4.78 is 0. The Morgan fingerprint density at radius 3 is 2.65 bits per heavy atom. The van der Waals surface area contributed by atoms with E-state index in [2.05, 4.69) is 47.2 Å². The Balaban J connectivity index is 2.14. The van der Waals surface area contributed by atoms with E-state index in [1.54, 1.807) is 6.20 Å². The van der Waals surface area contributed by atoms with E-state index in [1.807, 2.05) is 6.07 Å². The molecule has 0 unspecified atom stereocenters. The minimum absolute atomic E-state index is 0.687. The van der Waals surface area contributed by atoms with Gasteiger partial charge in [-0.2, -0.15) is 0 Å². The van der Waals surface area contributed by atoms with Crippen molar-refractivity contribution in [3.05, 3.63) is 48.2 Å². The SMILES string of the molecule is Cc1ccc(-c2cc3cc(N)cnc3[nH]2)cc1. The zero-order valence-corrected chi connectivity index (χ0v) is 9.57. The molecule has 3 aromatic rings. The molecule has 0 atom stereocenters. The van der Waals surface area contributed by atoms with Gasteiger partial charge in [0.25, 0.3) is 0 Å². The second-order valence-electron chi connectivity index (χ2n) is 4.26. The van der Waals surface area contributed by atoms with Crippen molar-refractivity contribution >= 4 is 16.7 Å². The zero-order chi connectivity index (χ0) is 11.8. The summed E-state index contributed by atoms with van der Waals surface area (Å²) in [6, 6.07) is 12.4. The van der Waals surface area contributed by atoms with Crippen LogP contribution in [0.4, 0.5) is 5.69 Å². The van der Waals surface area contributed by atoms with Gasteiger partial charge in [0.05, 0.1) is 11.9 Å². The largest absolute Gasteiger partial charge is 0.397 e. The first-order valence-electron chi connectivity index (χ1n) is 5.54. The predicted molar refractivity (Wildman–Crippen MR) is 70.7 cm³/mol. The van der Waals surface area contributed by atoms with Gasteiger partial charge in [0.1, 0.15) is 5.65 Å². The van der Waals surface area contributed by atoms with Crippen LogP contribution in [0.2, 0.25) is 0 Å². The number of H-pyrrole nitrogens is 1. The predicted octanol–water partition coefficient (Wildman–Crippen LogP) is 3.12. The van der Waals surface area contributed by atoms with Crippen LogP contribution >= 0.6 is 0 Å². The third-order valence-electron chi connectivity index (χ3n) is 2.85. The molecule has 1 aromatic carbocycles.